The average molecular weight is 255 g/mol. The summed E-state index contributed by atoms with van der Waals surface area (Å²) in [6, 6.07) is 0.0602. The summed E-state index contributed by atoms with van der Waals surface area (Å²) in [6.07, 6.45) is 3.31. The zero-order valence-corrected chi connectivity index (χ0v) is 12.2. The first kappa shape index (κ1) is 15.4. The molecule has 1 heterocycles. The number of likely N-dealkylation sites (tertiary alicyclic amines) is 1. The molecule has 1 rings (SSSR count). The van der Waals surface area contributed by atoms with Crippen LogP contribution in [0, 0.1) is 0 Å². The van der Waals surface area contributed by atoms with Crippen molar-refractivity contribution in [3.8, 4) is 0 Å². The van der Waals surface area contributed by atoms with Crippen LogP contribution in [0.3, 0.4) is 0 Å². The molecule has 1 aliphatic heterocycles. The highest BCUT2D eigenvalue weighted by molar-refractivity contribution is 5.82. The first-order valence-corrected chi connectivity index (χ1v) is 7.47. The molecule has 0 aromatic carbocycles. The predicted octanol–water partition coefficient (Wildman–Crippen LogP) is 1.32. The lowest BCUT2D eigenvalue weighted by molar-refractivity contribution is -0.136. The first-order valence-electron chi connectivity index (χ1n) is 7.47. The lowest BCUT2D eigenvalue weighted by Crippen LogP contribution is -2.52. The Morgan fingerprint density at radius 1 is 1.33 bits per heavy atom. The molecule has 1 atom stereocenters. The molecule has 4 heteroatoms. The molecule has 18 heavy (non-hydrogen) atoms. The van der Waals surface area contributed by atoms with E-state index in [0.29, 0.717) is 5.91 Å². The van der Waals surface area contributed by atoms with Crippen molar-refractivity contribution in [2.75, 3.05) is 39.3 Å². The third-order valence-electron chi connectivity index (χ3n) is 3.65. The van der Waals surface area contributed by atoms with Crippen LogP contribution in [0.5, 0.6) is 0 Å². The number of likely N-dealkylation sites (N-methyl/N-ethyl adjacent to an activating group) is 2. The van der Waals surface area contributed by atoms with E-state index in [2.05, 4.69) is 31.0 Å². The fourth-order valence-electron chi connectivity index (χ4n) is 2.60. The van der Waals surface area contributed by atoms with Gasteiger partial charge in [-0.15, -0.1) is 0 Å². The van der Waals surface area contributed by atoms with Gasteiger partial charge < -0.3 is 15.1 Å². The van der Waals surface area contributed by atoms with Gasteiger partial charge in [0, 0.05) is 19.6 Å². The van der Waals surface area contributed by atoms with Crippen LogP contribution in [0.2, 0.25) is 0 Å². The predicted molar refractivity (Wildman–Crippen MR) is 75.7 cm³/mol. The highest BCUT2D eigenvalue weighted by Crippen LogP contribution is 2.11. The molecular formula is C14H29N3O. The fourth-order valence-corrected chi connectivity index (χ4v) is 2.60. The minimum Gasteiger partial charge on any atom is -0.340 e. The second-order valence-electron chi connectivity index (χ2n) is 5.01. The summed E-state index contributed by atoms with van der Waals surface area (Å²) >= 11 is 0. The van der Waals surface area contributed by atoms with E-state index in [-0.39, 0.29) is 6.04 Å². The maximum atomic E-state index is 12.2. The number of piperidine rings is 1. The molecule has 0 spiro atoms. The van der Waals surface area contributed by atoms with Gasteiger partial charge in [-0.2, -0.15) is 0 Å². The molecule has 0 bridgehead atoms. The van der Waals surface area contributed by atoms with Gasteiger partial charge in [-0.05, 0) is 38.9 Å². The summed E-state index contributed by atoms with van der Waals surface area (Å²) in [6.45, 7) is 12.4. The maximum absolute atomic E-state index is 12.2. The van der Waals surface area contributed by atoms with Gasteiger partial charge in [-0.3, -0.25) is 4.79 Å². The molecule has 4 nitrogen and oxygen atoms in total. The quantitative estimate of drug-likeness (QED) is 0.710. The number of hydrogen-bond acceptors (Lipinski definition) is 3. The molecule has 1 N–H and O–H groups in total. The normalized spacial score (nSPS) is 20.8. The lowest BCUT2D eigenvalue weighted by atomic mass is 10.0. The Balaban J connectivity index is 2.38. The van der Waals surface area contributed by atoms with Crippen LogP contribution in [0.1, 0.15) is 40.0 Å². The summed E-state index contributed by atoms with van der Waals surface area (Å²) in [5.41, 5.74) is 0. The van der Waals surface area contributed by atoms with Crippen molar-refractivity contribution in [2.24, 2.45) is 0 Å². The van der Waals surface area contributed by atoms with Crippen molar-refractivity contribution < 1.29 is 4.79 Å². The summed E-state index contributed by atoms with van der Waals surface area (Å²) in [5, 5.41) is 3.29. The fraction of sp³-hybridized carbons (Fsp3) is 0.929. The molecule has 1 unspecified atom stereocenters. The topological polar surface area (TPSA) is 35.6 Å². The zero-order valence-electron chi connectivity index (χ0n) is 12.2. The summed E-state index contributed by atoms with van der Waals surface area (Å²) < 4.78 is 0. The SMILES string of the molecule is CCCN(CC)CCN1CCCC(NCC)C1=O. The van der Waals surface area contributed by atoms with Gasteiger partial charge in [0.1, 0.15) is 0 Å². The van der Waals surface area contributed by atoms with Gasteiger partial charge in [-0.25, -0.2) is 0 Å². The van der Waals surface area contributed by atoms with E-state index in [1.165, 1.54) is 6.42 Å². The maximum Gasteiger partial charge on any atom is 0.239 e. The minimum atomic E-state index is 0.0602. The molecule has 1 aliphatic rings. The minimum absolute atomic E-state index is 0.0602. The van der Waals surface area contributed by atoms with E-state index in [1.54, 1.807) is 0 Å². The Hall–Kier alpha value is -0.610. The zero-order chi connectivity index (χ0) is 13.4. The smallest absolute Gasteiger partial charge is 0.239 e. The summed E-state index contributed by atoms with van der Waals surface area (Å²) in [7, 11) is 0. The van der Waals surface area contributed by atoms with Crippen LogP contribution in [-0.4, -0.2) is 61.0 Å². The van der Waals surface area contributed by atoms with Gasteiger partial charge in [-0.1, -0.05) is 20.8 Å². The number of nitrogens with one attached hydrogen (secondary N) is 1. The van der Waals surface area contributed by atoms with E-state index in [1.807, 2.05) is 4.90 Å². The van der Waals surface area contributed by atoms with Gasteiger partial charge in [0.05, 0.1) is 6.04 Å². The van der Waals surface area contributed by atoms with Gasteiger partial charge in [0.15, 0.2) is 0 Å². The van der Waals surface area contributed by atoms with E-state index in [9.17, 15) is 4.79 Å². The van der Waals surface area contributed by atoms with Crippen molar-refractivity contribution >= 4 is 5.91 Å². The van der Waals surface area contributed by atoms with Crippen LogP contribution >= 0.6 is 0 Å². The molecular weight excluding hydrogens is 226 g/mol. The largest absolute Gasteiger partial charge is 0.340 e. The molecule has 1 saturated heterocycles. The highest BCUT2D eigenvalue weighted by atomic mass is 16.2. The van der Waals surface area contributed by atoms with Crippen molar-refractivity contribution in [1.82, 2.24) is 15.1 Å². The number of carbonyl (C=O) groups is 1. The standard InChI is InChI=1S/C14H29N3O/c1-4-9-16(6-3)11-12-17-10-7-8-13(14(17)18)15-5-2/h13,15H,4-12H2,1-3H3. The Labute approximate surface area is 112 Å². The lowest BCUT2D eigenvalue weighted by Gasteiger charge is -2.34. The average Bonchev–Trinajstić information content (AvgIpc) is 2.38. The van der Waals surface area contributed by atoms with Crippen molar-refractivity contribution in [2.45, 2.75) is 46.1 Å². The monoisotopic (exact) mass is 255 g/mol. The number of rotatable bonds is 8. The van der Waals surface area contributed by atoms with Crippen LogP contribution in [-0.2, 0) is 4.79 Å². The number of hydrogen-bond donors (Lipinski definition) is 1. The summed E-state index contributed by atoms with van der Waals surface area (Å²) in [4.78, 5) is 16.7. The third kappa shape index (κ3) is 4.58. The van der Waals surface area contributed by atoms with Crippen LogP contribution < -0.4 is 5.32 Å². The van der Waals surface area contributed by atoms with E-state index in [4.69, 9.17) is 0 Å². The highest BCUT2D eigenvalue weighted by Gasteiger charge is 2.27. The molecule has 0 saturated carbocycles. The molecule has 0 aromatic heterocycles. The van der Waals surface area contributed by atoms with Gasteiger partial charge in [0.25, 0.3) is 0 Å². The van der Waals surface area contributed by atoms with Crippen LogP contribution in [0.15, 0.2) is 0 Å². The van der Waals surface area contributed by atoms with Crippen molar-refractivity contribution in [3.05, 3.63) is 0 Å². The van der Waals surface area contributed by atoms with E-state index < -0.39 is 0 Å². The molecule has 1 fully saturated rings. The molecule has 1 amide bonds. The Morgan fingerprint density at radius 2 is 2.11 bits per heavy atom. The number of nitrogens with zero attached hydrogens (tertiary/aromatic N) is 2. The van der Waals surface area contributed by atoms with Crippen molar-refractivity contribution in [3.63, 3.8) is 0 Å². The third-order valence-corrected chi connectivity index (χ3v) is 3.65. The van der Waals surface area contributed by atoms with E-state index >= 15 is 0 Å². The number of carbonyl (C=O) groups excluding carboxylic acids is 1. The Morgan fingerprint density at radius 3 is 2.72 bits per heavy atom. The summed E-state index contributed by atoms with van der Waals surface area (Å²) in [5.74, 6) is 0.302. The molecule has 106 valence electrons. The van der Waals surface area contributed by atoms with Crippen LogP contribution in [0.4, 0.5) is 0 Å². The second kappa shape index (κ2) is 8.48. The van der Waals surface area contributed by atoms with Crippen molar-refractivity contribution in [1.29, 1.82) is 0 Å². The molecule has 0 radical (unpaired) electrons. The first-order chi connectivity index (χ1) is 8.72. The Bertz CT molecular complexity index is 243. The van der Waals surface area contributed by atoms with Crippen LogP contribution in [0.25, 0.3) is 0 Å². The number of amides is 1. The van der Waals surface area contributed by atoms with Gasteiger partial charge in [0.2, 0.25) is 5.91 Å². The Kier molecular flexibility index (Phi) is 7.28. The van der Waals surface area contributed by atoms with Gasteiger partial charge >= 0.3 is 0 Å². The molecule has 0 aromatic rings. The molecule has 0 aliphatic carbocycles. The second-order valence-corrected chi connectivity index (χ2v) is 5.01. The van der Waals surface area contributed by atoms with E-state index in [0.717, 1.165) is 52.1 Å².